The van der Waals surface area contributed by atoms with E-state index >= 15 is 0 Å². The average molecular weight is 492 g/mol. The Kier molecular flexibility index (Phi) is 6.12. The van der Waals surface area contributed by atoms with E-state index in [4.69, 9.17) is 0 Å². The van der Waals surface area contributed by atoms with Gasteiger partial charge in [0.15, 0.2) is 11.6 Å². The topological polar surface area (TPSA) is 187 Å². The van der Waals surface area contributed by atoms with Gasteiger partial charge < -0.3 is 15.4 Å². The highest BCUT2D eigenvalue weighted by atomic mass is 16.3. The SMILES string of the molecule is N#Cc1cnn(-c2cnccn2)c1N=NC(C(=O)Nc1ccccc1O)c1nc2ccccc2c(=O)[nH]1. The highest BCUT2D eigenvalue weighted by Gasteiger charge is 2.26. The van der Waals surface area contributed by atoms with Gasteiger partial charge in [0.1, 0.15) is 23.2 Å². The smallest absolute Gasteiger partial charge is 0.259 e. The van der Waals surface area contributed by atoms with Crippen molar-refractivity contribution in [2.24, 2.45) is 10.2 Å². The number of para-hydroxylation sites is 3. The molecule has 37 heavy (non-hydrogen) atoms. The molecule has 2 aromatic carbocycles. The number of nitrogens with zero attached hydrogens (tertiary/aromatic N) is 8. The third-order valence-electron chi connectivity index (χ3n) is 5.20. The maximum atomic E-state index is 13.3. The summed E-state index contributed by atoms with van der Waals surface area (Å²) in [7, 11) is 0. The zero-order valence-electron chi connectivity index (χ0n) is 18.8. The lowest BCUT2D eigenvalue weighted by Gasteiger charge is -2.13. The van der Waals surface area contributed by atoms with Gasteiger partial charge in [0.2, 0.25) is 6.04 Å². The fourth-order valence-electron chi connectivity index (χ4n) is 3.44. The number of aromatic hydroxyl groups is 1. The molecule has 0 saturated heterocycles. The number of nitriles is 1. The highest BCUT2D eigenvalue weighted by Crippen LogP contribution is 2.27. The summed E-state index contributed by atoms with van der Waals surface area (Å²) in [6, 6.07) is 13.2. The summed E-state index contributed by atoms with van der Waals surface area (Å²) in [5, 5.41) is 34.9. The number of phenols is 1. The second kappa shape index (κ2) is 9.84. The molecule has 0 aliphatic rings. The lowest BCUT2D eigenvalue weighted by atomic mass is 10.2. The number of carbonyl (C=O) groups excluding carboxylic acids is 1. The number of aromatic nitrogens is 6. The molecule has 3 N–H and O–H groups in total. The third kappa shape index (κ3) is 4.62. The van der Waals surface area contributed by atoms with Crippen LogP contribution in [0.4, 0.5) is 11.5 Å². The quantitative estimate of drug-likeness (QED) is 0.238. The molecule has 13 heteroatoms. The molecule has 0 spiro atoms. The molecule has 1 amide bonds. The summed E-state index contributed by atoms with van der Waals surface area (Å²) < 4.78 is 1.24. The summed E-state index contributed by atoms with van der Waals surface area (Å²) in [5.74, 6) is -0.743. The minimum Gasteiger partial charge on any atom is -0.506 e. The number of phenolic OH excluding ortho intramolecular Hbond substituents is 1. The zero-order valence-corrected chi connectivity index (χ0v) is 18.8. The van der Waals surface area contributed by atoms with Crippen LogP contribution >= 0.6 is 0 Å². The Morgan fingerprint density at radius 3 is 2.73 bits per heavy atom. The van der Waals surface area contributed by atoms with Gasteiger partial charge in [0.05, 0.1) is 29.0 Å². The van der Waals surface area contributed by atoms with Crippen LogP contribution in [-0.4, -0.2) is 40.7 Å². The predicted octanol–water partition coefficient (Wildman–Crippen LogP) is 2.94. The maximum Gasteiger partial charge on any atom is 0.259 e. The van der Waals surface area contributed by atoms with E-state index in [1.807, 2.05) is 6.07 Å². The van der Waals surface area contributed by atoms with Crippen LogP contribution in [0.1, 0.15) is 17.4 Å². The van der Waals surface area contributed by atoms with Gasteiger partial charge in [0.25, 0.3) is 11.5 Å². The molecule has 0 aliphatic heterocycles. The minimum absolute atomic E-state index is 0.00788. The number of hydrogen-bond donors (Lipinski definition) is 3. The Labute approximate surface area is 207 Å². The van der Waals surface area contributed by atoms with Crippen molar-refractivity contribution < 1.29 is 9.90 Å². The van der Waals surface area contributed by atoms with Crippen LogP contribution in [0.3, 0.4) is 0 Å². The number of hydrogen-bond acceptors (Lipinski definition) is 10. The largest absolute Gasteiger partial charge is 0.506 e. The molecule has 1 unspecified atom stereocenters. The molecule has 13 nitrogen and oxygen atoms in total. The van der Waals surface area contributed by atoms with Crippen LogP contribution in [-0.2, 0) is 4.79 Å². The maximum absolute atomic E-state index is 13.3. The van der Waals surface area contributed by atoms with E-state index in [1.165, 1.54) is 41.6 Å². The Morgan fingerprint density at radius 2 is 1.95 bits per heavy atom. The molecular formula is C24H16N10O3. The van der Waals surface area contributed by atoms with Crippen LogP contribution in [0.2, 0.25) is 0 Å². The number of rotatable bonds is 6. The van der Waals surface area contributed by atoms with Crippen molar-refractivity contribution in [3.8, 4) is 17.6 Å². The number of fused-ring (bicyclic) bond motifs is 1. The van der Waals surface area contributed by atoms with Gasteiger partial charge in [-0.2, -0.15) is 20.2 Å². The van der Waals surface area contributed by atoms with Gasteiger partial charge in [-0.3, -0.25) is 14.6 Å². The Hall–Kier alpha value is -5.77. The number of aromatic amines is 1. The van der Waals surface area contributed by atoms with Gasteiger partial charge in [-0.15, -0.1) is 5.11 Å². The van der Waals surface area contributed by atoms with Crippen molar-refractivity contribution in [2.45, 2.75) is 6.04 Å². The molecule has 3 aromatic heterocycles. The van der Waals surface area contributed by atoms with Gasteiger partial charge in [-0.1, -0.05) is 24.3 Å². The van der Waals surface area contributed by atoms with Crippen LogP contribution in [0.15, 0.2) is 88.3 Å². The monoisotopic (exact) mass is 492 g/mol. The first-order valence-electron chi connectivity index (χ1n) is 10.8. The number of azo groups is 1. The van der Waals surface area contributed by atoms with Crippen LogP contribution < -0.4 is 10.9 Å². The van der Waals surface area contributed by atoms with E-state index < -0.39 is 17.5 Å². The fourth-order valence-corrected chi connectivity index (χ4v) is 3.44. The van der Waals surface area contributed by atoms with Gasteiger partial charge in [0, 0.05) is 12.4 Å². The van der Waals surface area contributed by atoms with E-state index in [0.29, 0.717) is 10.9 Å². The van der Waals surface area contributed by atoms with Crippen molar-refractivity contribution in [1.82, 2.24) is 29.7 Å². The Morgan fingerprint density at radius 1 is 1.14 bits per heavy atom. The van der Waals surface area contributed by atoms with E-state index in [0.717, 1.165) is 0 Å². The summed E-state index contributed by atoms with van der Waals surface area (Å²) in [6.07, 6.45) is 5.60. The average Bonchev–Trinajstić information content (AvgIpc) is 3.33. The molecule has 5 aromatic rings. The first-order valence-corrected chi connectivity index (χ1v) is 10.8. The fraction of sp³-hybridized carbons (Fsp3) is 0.0417. The van der Waals surface area contributed by atoms with Crippen molar-refractivity contribution in [3.05, 3.63) is 95.1 Å². The van der Waals surface area contributed by atoms with E-state index in [1.54, 1.807) is 36.4 Å². The molecule has 180 valence electrons. The predicted molar refractivity (Wildman–Crippen MR) is 130 cm³/mol. The first-order chi connectivity index (χ1) is 18.0. The number of nitrogens with one attached hydrogen (secondary N) is 2. The minimum atomic E-state index is -1.46. The standard InChI is InChI=1S/C24H16N10O3/c25-11-14-12-28-34(19-13-26-9-10-27-19)22(14)33-32-20(24(37)30-17-7-3-4-8-18(17)35)21-29-16-6-2-1-5-15(16)23(36)31-21/h1-10,12-13,20,35H,(H,30,37)(H,29,31,36). The van der Waals surface area contributed by atoms with Crippen molar-refractivity contribution in [1.29, 1.82) is 5.26 Å². The highest BCUT2D eigenvalue weighted by molar-refractivity contribution is 5.96. The second-order valence-electron chi connectivity index (χ2n) is 7.56. The number of H-pyrrole nitrogens is 1. The van der Waals surface area contributed by atoms with E-state index in [9.17, 15) is 20.0 Å². The number of anilines is 1. The summed E-state index contributed by atoms with van der Waals surface area (Å²) in [4.78, 5) is 41.2. The van der Waals surface area contributed by atoms with Crippen LogP contribution in [0.25, 0.3) is 16.7 Å². The zero-order chi connectivity index (χ0) is 25.8. The molecular weight excluding hydrogens is 476 g/mol. The third-order valence-corrected chi connectivity index (χ3v) is 5.20. The lowest BCUT2D eigenvalue weighted by molar-refractivity contribution is -0.117. The molecule has 0 fully saturated rings. The van der Waals surface area contributed by atoms with Crippen LogP contribution in [0, 0.1) is 11.3 Å². The number of amides is 1. The molecule has 5 rings (SSSR count). The summed E-state index contributed by atoms with van der Waals surface area (Å²) >= 11 is 0. The summed E-state index contributed by atoms with van der Waals surface area (Å²) in [6.45, 7) is 0. The second-order valence-corrected chi connectivity index (χ2v) is 7.56. The van der Waals surface area contributed by atoms with E-state index in [2.05, 4.69) is 40.6 Å². The van der Waals surface area contributed by atoms with Crippen LogP contribution in [0.5, 0.6) is 5.75 Å². The molecule has 0 saturated carbocycles. The lowest BCUT2D eigenvalue weighted by Crippen LogP contribution is -2.24. The Balaban J connectivity index is 1.61. The van der Waals surface area contributed by atoms with Crippen molar-refractivity contribution in [2.75, 3.05) is 5.32 Å². The van der Waals surface area contributed by atoms with Crippen molar-refractivity contribution >= 4 is 28.3 Å². The molecule has 0 bridgehead atoms. The number of carbonyl (C=O) groups is 1. The van der Waals surface area contributed by atoms with E-state index in [-0.39, 0.29) is 34.5 Å². The molecule has 1 atom stereocenters. The normalized spacial score (nSPS) is 11.9. The van der Waals surface area contributed by atoms with Gasteiger partial charge in [-0.25, -0.2) is 9.97 Å². The molecule has 0 radical (unpaired) electrons. The molecule has 3 heterocycles. The van der Waals surface area contributed by atoms with Crippen molar-refractivity contribution in [3.63, 3.8) is 0 Å². The first kappa shape index (κ1) is 23.0. The molecule has 0 aliphatic carbocycles. The summed E-state index contributed by atoms with van der Waals surface area (Å²) in [5.41, 5.74) is 0.0602. The van der Waals surface area contributed by atoms with Gasteiger partial charge >= 0.3 is 0 Å². The number of benzene rings is 2. The Bertz CT molecular complexity index is 1740. The van der Waals surface area contributed by atoms with Gasteiger partial charge in [-0.05, 0) is 24.3 Å².